The third-order valence-corrected chi connectivity index (χ3v) is 5.21. The Kier molecular flexibility index (Phi) is 6.56. The lowest BCUT2D eigenvalue weighted by molar-refractivity contribution is 0.0471. The second-order valence-electron chi connectivity index (χ2n) is 6.86. The SMILES string of the molecule is C[C@H]1CN(Cc2c(F)cc(F)cc2F)CCN1C(=O)c1ccc(NS(=O)O)cc1. The van der Waals surface area contributed by atoms with Crippen molar-refractivity contribution in [2.45, 2.75) is 19.5 Å². The summed E-state index contributed by atoms with van der Waals surface area (Å²) >= 11 is -2.19. The first-order chi connectivity index (χ1) is 13.7. The first kappa shape index (κ1) is 21.3. The van der Waals surface area contributed by atoms with Crippen molar-refractivity contribution in [1.29, 1.82) is 0 Å². The number of benzene rings is 2. The van der Waals surface area contributed by atoms with Gasteiger partial charge in [-0.25, -0.2) is 17.4 Å². The summed E-state index contributed by atoms with van der Waals surface area (Å²) < 4.78 is 62.7. The van der Waals surface area contributed by atoms with Gasteiger partial charge in [0.15, 0.2) is 0 Å². The molecule has 1 amide bonds. The summed E-state index contributed by atoms with van der Waals surface area (Å²) in [6, 6.07) is 7.29. The summed E-state index contributed by atoms with van der Waals surface area (Å²) in [7, 11) is 0. The minimum atomic E-state index is -2.19. The zero-order chi connectivity index (χ0) is 21.1. The number of nitrogens with one attached hydrogen (secondary N) is 1. The van der Waals surface area contributed by atoms with Crippen molar-refractivity contribution in [1.82, 2.24) is 9.80 Å². The summed E-state index contributed by atoms with van der Waals surface area (Å²) in [6.07, 6.45) is 0. The average molecular weight is 427 g/mol. The number of hydrogen-bond donors (Lipinski definition) is 2. The Labute approximate surface area is 168 Å². The number of carbonyl (C=O) groups is 1. The van der Waals surface area contributed by atoms with Crippen molar-refractivity contribution in [3.05, 3.63) is 65.0 Å². The van der Waals surface area contributed by atoms with E-state index in [-0.39, 0.29) is 24.1 Å². The van der Waals surface area contributed by atoms with Crippen molar-refractivity contribution < 1.29 is 26.7 Å². The number of amides is 1. The largest absolute Gasteiger partial charge is 0.333 e. The molecule has 0 aliphatic carbocycles. The number of rotatable bonds is 5. The van der Waals surface area contributed by atoms with Gasteiger partial charge < -0.3 is 4.90 Å². The highest BCUT2D eigenvalue weighted by atomic mass is 32.2. The van der Waals surface area contributed by atoms with Gasteiger partial charge in [-0.2, -0.15) is 0 Å². The Morgan fingerprint density at radius 2 is 1.79 bits per heavy atom. The first-order valence-electron chi connectivity index (χ1n) is 8.89. The van der Waals surface area contributed by atoms with Gasteiger partial charge in [0.05, 0.1) is 0 Å². The van der Waals surface area contributed by atoms with Gasteiger partial charge in [0.25, 0.3) is 17.2 Å². The van der Waals surface area contributed by atoms with Gasteiger partial charge in [0, 0.05) is 61.2 Å². The van der Waals surface area contributed by atoms with Crippen LogP contribution in [0.25, 0.3) is 0 Å². The molecule has 1 unspecified atom stereocenters. The Bertz CT molecular complexity index is 904. The van der Waals surface area contributed by atoms with Crippen LogP contribution < -0.4 is 4.72 Å². The van der Waals surface area contributed by atoms with Crippen LogP contribution in [0.1, 0.15) is 22.8 Å². The number of halogens is 3. The third kappa shape index (κ3) is 5.14. The molecule has 2 N–H and O–H groups in total. The zero-order valence-corrected chi connectivity index (χ0v) is 16.4. The van der Waals surface area contributed by atoms with Gasteiger partial charge in [0.1, 0.15) is 17.5 Å². The smallest absolute Gasteiger partial charge is 0.259 e. The number of anilines is 1. The molecule has 2 atom stereocenters. The molecule has 3 rings (SSSR count). The Morgan fingerprint density at radius 3 is 2.34 bits per heavy atom. The minimum Gasteiger partial charge on any atom is -0.333 e. The van der Waals surface area contributed by atoms with Crippen molar-refractivity contribution in [3.8, 4) is 0 Å². The fourth-order valence-electron chi connectivity index (χ4n) is 3.37. The van der Waals surface area contributed by atoms with E-state index in [1.54, 1.807) is 17.0 Å². The quantitative estimate of drug-likeness (QED) is 0.720. The monoisotopic (exact) mass is 427 g/mol. The predicted molar refractivity (Wildman–Crippen MR) is 103 cm³/mol. The fourth-order valence-corrected chi connectivity index (χ4v) is 3.71. The van der Waals surface area contributed by atoms with Gasteiger partial charge in [-0.05, 0) is 31.2 Å². The molecule has 1 fully saturated rings. The molecule has 0 saturated carbocycles. The van der Waals surface area contributed by atoms with Crippen LogP contribution in [0.5, 0.6) is 0 Å². The summed E-state index contributed by atoms with van der Waals surface area (Å²) in [4.78, 5) is 16.3. The summed E-state index contributed by atoms with van der Waals surface area (Å²) in [5.41, 5.74) is 0.640. The van der Waals surface area contributed by atoms with E-state index in [0.717, 1.165) is 0 Å². The minimum absolute atomic E-state index is 0.0109. The number of nitrogens with zero attached hydrogens (tertiary/aromatic N) is 2. The lowest BCUT2D eigenvalue weighted by Crippen LogP contribution is -2.53. The molecule has 29 heavy (non-hydrogen) atoms. The number of piperazine rings is 1. The summed E-state index contributed by atoms with van der Waals surface area (Å²) in [5.74, 6) is -3.01. The maximum atomic E-state index is 13.9. The van der Waals surface area contributed by atoms with E-state index in [4.69, 9.17) is 4.55 Å². The molecule has 0 radical (unpaired) electrons. The van der Waals surface area contributed by atoms with Crippen LogP contribution in [0.2, 0.25) is 0 Å². The van der Waals surface area contributed by atoms with E-state index in [1.165, 1.54) is 12.1 Å². The molecule has 0 spiro atoms. The maximum Gasteiger partial charge on any atom is 0.259 e. The zero-order valence-electron chi connectivity index (χ0n) is 15.6. The van der Waals surface area contributed by atoms with Crippen LogP contribution in [-0.2, 0) is 17.8 Å². The fraction of sp³-hybridized carbons (Fsp3) is 0.316. The highest BCUT2D eigenvalue weighted by molar-refractivity contribution is 7.80. The lowest BCUT2D eigenvalue weighted by atomic mass is 10.1. The standard InChI is InChI=1S/C19H20F3N3O3S/c1-12-10-24(11-16-17(21)8-14(20)9-18(16)22)6-7-25(12)19(26)13-2-4-15(5-3-13)23-29(27)28/h2-5,8-9,12,23H,6-7,10-11H2,1H3,(H,27,28)/t12-/m0/s1. The van der Waals surface area contributed by atoms with E-state index in [2.05, 4.69) is 4.72 Å². The molecule has 2 aromatic rings. The lowest BCUT2D eigenvalue weighted by Gasteiger charge is -2.40. The van der Waals surface area contributed by atoms with Gasteiger partial charge >= 0.3 is 0 Å². The Morgan fingerprint density at radius 1 is 1.17 bits per heavy atom. The van der Waals surface area contributed by atoms with Gasteiger partial charge in [-0.15, -0.1) is 0 Å². The first-order valence-corrected chi connectivity index (χ1v) is 9.99. The Hall–Kier alpha value is -2.43. The summed E-state index contributed by atoms with van der Waals surface area (Å²) in [5, 5.41) is 0. The van der Waals surface area contributed by atoms with E-state index in [1.807, 2.05) is 11.8 Å². The molecule has 1 aliphatic heterocycles. The van der Waals surface area contributed by atoms with Crippen LogP contribution in [0.15, 0.2) is 36.4 Å². The topological polar surface area (TPSA) is 72.9 Å². The number of carbonyl (C=O) groups excluding carboxylic acids is 1. The van der Waals surface area contributed by atoms with Crippen LogP contribution in [-0.4, -0.2) is 50.1 Å². The van der Waals surface area contributed by atoms with Crippen LogP contribution in [0, 0.1) is 17.5 Å². The molecule has 2 aromatic carbocycles. The molecule has 1 heterocycles. The van der Waals surface area contributed by atoms with Crippen LogP contribution in [0.4, 0.5) is 18.9 Å². The normalized spacial score (nSPS) is 18.5. The third-order valence-electron chi connectivity index (χ3n) is 4.80. The Balaban J connectivity index is 1.64. The van der Waals surface area contributed by atoms with E-state index in [9.17, 15) is 22.2 Å². The average Bonchev–Trinajstić information content (AvgIpc) is 2.64. The summed E-state index contributed by atoms with van der Waals surface area (Å²) in [6.45, 7) is 3.01. The van der Waals surface area contributed by atoms with Gasteiger partial charge in [0.2, 0.25) is 0 Å². The van der Waals surface area contributed by atoms with E-state index in [0.29, 0.717) is 43.0 Å². The molecule has 1 aliphatic rings. The molecule has 10 heteroatoms. The molecular weight excluding hydrogens is 407 g/mol. The molecule has 156 valence electrons. The van der Waals surface area contributed by atoms with Gasteiger partial charge in [-0.1, -0.05) is 0 Å². The second kappa shape index (κ2) is 8.93. The van der Waals surface area contributed by atoms with E-state index >= 15 is 0 Å². The highest BCUT2D eigenvalue weighted by Crippen LogP contribution is 2.21. The molecule has 0 aromatic heterocycles. The second-order valence-corrected chi connectivity index (χ2v) is 7.56. The molecule has 6 nitrogen and oxygen atoms in total. The molecule has 1 saturated heterocycles. The predicted octanol–water partition coefficient (Wildman–Crippen LogP) is 3.00. The highest BCUT2D eigenvalue weighted by Gasteiger charge is 2.29. The number of hydrogen-bond acceptors (Lipinski definition) is 3. The van der Waals surface area contributed by atoms with Crippen molar-refractivity contribution in [2.75, 3.05) is 24.4 Å². The van der Waals surface area contributed by atoms with Crippen LogP contribution in [0.3, 0.4) is 0 Å². The maximum absolute atomic E-state index is 13.9. The van der Waals surface area contributed by atoms with Crippen LogP contribution >= 0.6 is 0 Å². The molecule has 0 bridgehead atoms. The van der Waals surface area contributed by atoms with Crippen molar-refractivity contribution in [2.24, 2.45) is 0 Å². The van der Waals surface area contributed by atoms with Crippen molar-refractivity contribution in [3.63, 3.8) is 0 Å². The molecular formula is C19H20F3N3O3S. The van der Waals surface area contributed by atoms with Crippen molar-refractivity contribution >= 4 is 22.9 Å². The van der Waals surface area contributed by atoms with Gasteiger partial charge in [-0.3, -0.25) is 19.0 Å². The van der Waals surface area contributed by atoms with E-state index < -0.39 is 28.7 Å².